The van der Waals surface area contributed by atoms with Crippen LogP contribution < -0.4 is 20.6 Å². The van der Waals surface area contributed by atoms with Gasteiger partial charge in [-0.3, -0.25) is 0 Å². The number of benzene rings is 2. The molecule has 0 aliphatic heterocycles. The van der Waals surface area contributed by atoms with Crippen molar-refractivity contribution in [2.75, 3.05) is 7.05 Å². The molecule has 4 nitrogen and oxygen atoms in total. The third kappa shape index (κ3) is 5.24. The number of hydrogen-bond acceptors (Lipinski definition) is 2. The Hall–Kier alpha value is -1.53. The summed E-state index contributed by atoms with van der Waals surface area (Å²) in [4.78, 5) is 0. The molecule has 0 spiro atoms. The fourth-order valence-corrected chi connectivity index (χ4v) is 2.51. The van der Waals surface area contributed by atoms with E-state index >= 15 is 0 Å². The third-order valence-electron chi connectivity index (χ3n) is 3.03. The van der Waals surface area contributed by atoms with Crippen LogP contribution in [0.15, 0.2) is 36.4 Å². The van der Waals surface area contributed by atoms with Crippen LogP contribution in [0.5, 0.6) is 5.75 Å². The number of hydrazine groups is 1. The predicted octanol–water partition coefficient (Wildman–Crippen LogP) is 2.73. The van der Waals surface area contributed by atoms with E-state index in [1.165, 1.54) is 0 Å². The van der Waals surface area contributed by atoms with Crippen LogP contribution in [0.1, 0.15) is 11.1 Å². The number of nitrogens with one attached hydrogen (secondary N) is 3. The fraction of sp³-hybridized carbons (Fsp3) is 0.125. The van der Waals surface area contributed by atoms with Crippen molar-refractivity contribution in [1.29, 1.82) is 0 Å². The average Bonchev–Trinajstić information content (AvgIpc) is 2.58. The number of rotatable bonds is 5. The van der Waals surface area contributed by atoms with Gasteiger partial charge in [0.05, 0.1) is 10.0 Å². The molecule has 0 aliphatic rings. The molecule has 0 heterocycles. The smallest absolute Gasteiger partial charge is 0.223 e. The third-order valence-corrected chi connectivity index (χ3v) is 4.54. The van der Waals surface area contributed by atoms with E-state index < -0.39 is 0 Å². The Labute approximate surface area is 160 Å². The second-order valence-electron chi connectivity index (χ2n) is 4.68. The summed E-state index contributed by atoms with van der Waals surface area (Å²) in [5.41, 5.74) is 4.36. The van der Waals surface area contributed by atoms with Gasteiger partial charge < -0.3 is 10.1 Å². The highest BCUT2D eigenvalue weighted by atomic mass is 35.5. The lowest BCUT2D eigenvalue weighted by Gasteiger charge is -2.10. The quantitative estimate of drug-likeness (QED) is 0.311. The molecule has 0 fully saturated rings. The van der Waals surface area contributed by atoms with E-state index in [2.05, 4.69) is 15.8 Å². The van der Waals surface area contributed by atoms with Gasteiger partial charge in [0.1, 0.15) is 12.4 Å². The van der Waals surface area contributed by atoms with Gasteiger partial charge >= 0.3 is 0 Å². The van der Waals surface area contributed by atoms with Crippen molar-refractivity contribution in [2.24, 2.45) is 0 Å². The molecule has 0 saturated carbocycles. The monoisotopic (exact) mass is 402 g/mol. The Morgan fingerprint density at radius 3 is 2.71 bits per heavy atom. The highest BCUT2D eigenvalue weighted by Gasteiger charge is 2.10. The summed E-state index contributed by atoms with van der Waals surface area (Å²) in [6.07, 6.45) is 1.76. The van der Waals surface area contributed by atoms with Crippen LogP contribution in [0.2, 0.25) is 15.1 Å². The molecule has 0 amide bonds. The van der Waals surface area contributed by atoms with E-state index in [-0.39, 0.29) is 6.61 Å². The largest absolute Gasteiger partial charge is 0.489 e. The molecule has 2 rings (SSSR count). The normalized spacial score (nSPS) is 10.7. The van der Waals surface area contributed by atoms with Crippen molar-refractivity contribution in [3.63, 3.8) is 0 Å². The first kappa shape index (κ1) is 18.8. The van der Waals surface area contributed by atoms with Crippen LogP contribution in [0.3, 0.4) is 0 Å². The molecular weight excluding hydrogens is 389 g/mol. The maximum Gasteiger partial charge on any atom is 0.223 e. The zero-order valence-electron chi connectivity index (χ0n) is 12.7. The molecule has 2 aromatic carbocycles. The molecule has 126 valence electrons. The number of hydrogen-bond donors (Lipinski definition) is 3. The minimum absolute atomic E-state index is 0.219. The van der Waals surface area contributed by atoms with E-state index in [0.717, 1.165) is 5.56 Å². The van der Waals surface area contributed by atoms with Crippen molar-refractivity contribution in [3.8, 4) is 5.75 Å². The summed E-state index contributed by atoms with van der Waals surface area (Å²) in [6, 6.07) is 10.8. The van der Waals surface area contributed by atoms with Crippen molar-refractivity contribution < 1.29 is 9.84 Å². The zero-order chi connectivity index (χ0) is 17.5. The Morgan fingerprint density at radius 1 is 1.21 bits per heavy atom. The number of ether oxygens (including phenoxy) is 1. The van der Waals surface area contributed by atoms with E-state index in [1.807, 2.05) is 24.3 Å². The molecule has 3 N–H and O–H groups in total. The maximum atomic E-state index is 6.17. The summed E-state index contributed by atoms with van der Waals surface area (Å²) in [6.45, 7) is 0.219. The summed E-state index contributed by atoms with van der Waals surface area (Å²) in [5.74, 6) is 0.675. The molecule has 0 aliphatic carbocycles. The summed E-state index contributed by atoms with van der Waals surface area (Å²) in [5, 5.41) is 7.52. The minimum atomic E-state index is 0.219. The van der Waals surface area contributed by atoms with Crippen molar-refractivity contribution in [1.82, 2.24) is 10.7 Å². The van der Waals surface area contributed by atoms with E-state index in [4.69, 9.17) is 51.8 Å². The van der Waals surface area contributed by atoms with Crippen LogP contribution in [0.4, 0.5) is 0 Å². The molecule has 2 aromatic rings. The Morgan fingerprint density at radius 2 is 1.96 bits per heavy atom. The molecule has 0 saturated heterocycles. The molecule has 0 radical (unpaired) electrons. The van der Waals surface area contributed by atoms with Gasteiger partial charge in [0, 0.05) is 23.2 Å². The average molecular weight is 404 g/mol. The van der Waals surface area contributed by atoms with Gasteiger partial charge in [-0.25, -0.2) is 0 Å². The molecule has 0 atom stereocenters. The van der Waals surface area contributed by atoms with E-state index in [0.29, 0.717) is 31.5 Å². The maximum absolute atomic E-state index is 6.17. The molecule has 24 heavy (non-hydrogen) atoms. The Bertz CT molecular complexity index is 768. The van der Waals surface area contributed by atoms with Crippen molar-refractivity contribution in [3.05, 3.63) is 62.6 Å². The second kappa shape index (κ2) is 9.08. The fourth-order valence-electron chi connectivity index (χ4n) is 1.80. The van der Waals surface area contributed by atoms with Crippen LogP contribution in [-0.2, 0) is 6.61 Å². The van der Waals surface area contributed by atoms with Crippen LogP contribution in [0.25, 0.3) is 0 Å². The second-order valence-corrected chi connectivity index (χ2v) is 6.28. The molecular formula is C16H15Cl3N3OS+. The van der Waals surface area contributed by atoms with Gasteiger partial charge in [-0.2, -0.15) is 0 Å². The van der Waals surface area contributed by atoms with Gasteiger partial charge in [0.15, 0.2) is 6.21 Å². The van der Waals surface area contributed by atoms with Gasteiger partial charge in [0.2, 0.25) is 5.11 Å². The zero-order valence-corrected chi connectivity index (χ0v) is 15.8. The van der Waals surface area contributed by atoms with Gasteiger partial charge in [-0.05, 0) is 42.5 Å². The van der Waals surface area contributed by atoms with E-state index in [9.17, 15) is 0 Å². The summed E-state index contributed by atoms with van der Waals surface area (Å²) >= 11 is 23.3. The van der Waals surface area contributed by atoms with Crippen molar-refractivity contribution in [2.45, 2.75) is 6.61 Å². The predicted molar refractivity (Wildman–Crippen MR) is 103 cm³/mol. The summed E-state index contributed by atoms with van der Waals surface area (Å²) < 4.78 is 5.76. The highest BCUT2D eigenvalue weighted by Crippen LogP contribution is 2.32. The standard InChI is InChI=1S/C16H14Cl3N3OS/c1-20-16(24)22-21-8-10-3-2-4-11(7-10)23-9-12-13(17)5-6-14(18)15(12)19/h2-8H,9H2,1H3,(H2,20,22,24)/p+1. The Kier molecular flexibility index (Phi) is 7.12. The first-order valence-electron chi connectivity index (χ1n) is 6.93. The molecule has 8 heteroatoms. The minimum Gasteiger partial charge on any atom is -0.489 e. The topological polar surface area (TPSA) is 47.3 Å². The lowest BCUT2D eigenvalue weighted by Crippen LogP contribution is -2.82. The lowest BCUT2D eigenvalue weighted by atomic mass is 10.2. The van der Waals surface area contributed by atoms with Crippen LogP contribution in [-0.4, -0.2) is 18.4 Å². The first-order chi connectivity index (χ1) is 11.5. The van der Waals surface area contributed by atoms with Crippen molar-refractivity contribution >= 4 is 58.3 Å². The van der Waals surface area contributed by atoms with Gasteiger partial charge in [-0.1, -0.05) is 40.9 Å². The molecule has 0 bridgehead atoms. The first-order valence-corrected chi connectivity index (χ1v) is 8.47. The van der Waals surface area contributed by atoms with Gasteiger partial charge in [-0.15, -0.1) is 10.5 Å². The van der Waals surface area contributed by atoms with Crippen LogP contribution in [0, 0.1) is 0 Å². The highest BCUT2D eigenvalue weighted by molar-refractivity contribution is 7.80. The summed E-state index contributed by atoms with van der Waals surface area (Å²) in [7, 11) is 1.73. The molecule has 0 aromatic heterocycles. The van der Waals surface area contributed by atoms with E-state index in [1.54, 1.807) is 25.4 Å². The molecule has 0 unspecified atom stereocenters. The Balaban J connectivity index is 2.05. The van der Waals surface area contributed by atoms with Gasteiger partial charge in [0.25, 0.3) is 0 Å². The number of halogens is 3. The SMILES string of the molecule is CNC(=S)N[NH+]=Cc1cccc(OCc2c(Cl)ccc(Cl)c2Cl)c1. The lowest BCUT2D eigenvalue weighted by molar-refractivity contribution is -0.500. The number of thiocarbonyl (C=S) groups is 1. The number of hydrazone groups is 1. The van der Waals surface area contributed by atoms with Crippen LogP contribution >= 0.6 is 47.0 Å².